The molecule has 0 spiro atoms. The molecule has 1 aromatic rings. The summed E-state index contributed by atoms with van der Waals surface area (Å²) in [5.41, 5.74) is 8.78. The predicted octanol–water partition coefficient (Wildman–Crippen LogP) is 3.23. The molecule has 1 aromatic carbocycles. The van der Waals surface area contributed by atoms with Gasteiger partial charge in [0.25, 0.3) is 0 Å². The van der Waals surface area contributed by atoms with Crippen molar-refractivity contribution >= 4 is 17.3 Å². The lowest BCUT2D eigenvalue weighted by atomic mass is 10.0. The van der Waals surface area contributed by atoms with Crippen LogP contribution in [0.2, 0.25) is 0 Å². The van der Waals surface area contributed by atoms with Gasteiger partial charge in [-0.25, -0.2) is 4.79 Å². The highest BCUT2D eigenvalue weighted by Crippen LogP contribution is 2.27. The number of rotatable bonds is 5. The zero-order valence-electron chi connectivity index (χ0n) is 13.4. The molecule has 0 saturated carbocycles. The molecule has 1 atom stereocenters. The van der Waals surface area contributed by atoms with E-state index < -0.39 is 5.97 Å². The summed E-state index contributed by atoms with van der Waals surface area (Å²) in [6.07, 6.45) is 1.09. The van der Waals surface area contributed by atoms with Gasteiger partial charge in [-0.05, 0) is 43.9 Å². The molecule has 2 N–H and O–H groups in total. The second kappa shape index (κ2) is 6.64. The SMILES string of the molecule is COC(=O)c1cc(N(C)C(C)CC(C)C)cc(C)c1N. The van der Waals surface area contributed by atoms with E-state index in [1.807, 2.05) is 26.1 Å². The molecule has 112 valence electrons. The third-order valence-electron chi connectivity index (χ3n) is 3.66. The van der Waals surface area contributed by atoms with Gasteiger partial charge in [0.1, 0.15) is 0 Å². The minimum absolute atomic E-state index is 0.391. The molecule has 4 heteroatoms. The summed E-state index contributed by atoms with van der Waals surface area (Å²) in [6.45, 7) is 8.51. The van der Waals surface area contributed by atoms with Crippen LogP contribution in [-0.2, 0) is 4.74 Å². The van der Waals surface area contributed by atoms with Crippen molar-refractivity contribution in [3.05, 3.63) is 23.3 Å². The Labute approximate surface area is 121 Å². The number of nitrogen functional groups attached to an aromatic ring is 1. The molecule has 4 nitrogen and oxygen atoms in total. The number of anilines is 2. The van der Waals surface area contributed by atoms with E-state index in [-0.39, 0.29) is 0 Å². The Morgan fingerprint density at radius 1 is 1.35 bits per heavy atom. The molecule has 0 aliphatic carbocycles. The van der Waals surface area contributed by atoms with E-state index in [9.17, 15) is 4.79 Å². The highest BCUT2D eigenvalue weighted by atomic mass is 16.5. The molecule has 0 amide bonds. The van der Waals surface area contributed by atoms with Crippen molar-refractivity contribution in [2.75, 3.05) is 24.8 Å². The maximum Gasteiger partial charge on any atom is 0.340 e. The standard InChI is InChI=1S/C16H26N2O2/c1-10(2)7-12(4)18(5)13-8-11(3)15(17)14(9-13)16(19)20-6/h8-10,12H,7,17H2,1-6H3. The smallest absolute Gasteiger partial charge is 0.340 e. The number of ether oxygens (including phenoxy) is 1. The summed E-state index contributed by atoms with van der Waals surface area (Å²) >= 11 is 0. The summed E-state index contributed by atoms with van der Waals surface area (Å²) in [5, 5.41) is 0. The lowest BCUT2D eigenvalue weighted by Gasteiger charge is -2.29. The molecule has 0 aliphatic rings. The van der Waals surface area contributed by atoms with E-state index in [0.717, 1.165) is 17.7 Å². The second-order valence-electron chi connectivity index (χ2n) is 5.80. The second-order valence-corrected chi connectivity index (χ2v) is 5.80. The van der Waals surface area contributed by atoms with E-state index in [2.05, 4.69) is 25.7 Å². The maximum atomic E-state index is 11.8. The Morgan fingerprint density at radius 2 is 1.95 bits per heavy atom. The van der Waals surface area contributed by atoms with E-state index in [1.165, 1.54) is 7.11 Å². The number of aryl methyl sites for hydroxylation is 1. The van der Waals surface area contributed by atoms with Gasteiger partial charge in [-0.2, -0.15) is 0 Å². The van der Waals surface area contributed by atoms with Crippen molar-refractivity contribution in [2.45, 2.75) is 40.2 Å². The highest BCUT2D eigenvalue weighted by Gasteiger charge is 2.17. The molecule has 1 rings (SSSR count). The van der Waals surface area contributed by atoms with Gasteiger partial charge < -0.3 is 15.4 Å². The van der Waals surface area contributed by atoms with Crippen LogP contribution in [-0.4, -0.2) is 26.2 Å². The van der Waals surface area contributed by atoms with Gasteiger partial charge in [-0.1, -0.05) is 13.8 Å². The number of carbonyl (C=O) groups excluding carboxylic acids is 1. The van der Waals surface area contributed by atoms with E-state index in [0.29, 0.717) is 23.2 Å². The van der Waals surface area contributed by atoms with Gasteiger partial charge in [-0.15, -0.1) is 0 Å². The van der Waals surface area contributed by atoms with E-state index >= 15 is 0 Å². The largest absolute Gasteiger partial charge is 0.465 e. The number of esters is 1. The number of methoxy groups -OCH3 is 1. The molecule has 0 bridgehead atoms. The summed E-state index contributed by atoms with van der Waals surface area (Å²) in [6, 6.07) is 4.22. The van der Waals surface area contributed by atoms with Crippen molar-refractivity contribution in [1.82, 2.24) is 0 Å². The van der Waals surface area contributed by atoms with Crippen molar-refractivity contribution in [3.8, 4) is 0 Å². The van der Waals surface area contributed by atoms with Crippen molar-refractivity contribution < 1.29 is 9.53 Å². The monoisotopic (exact) mass is 278 g/mol. The van der Waals surface area contributed by atoms with Crippen LogP contribution in [0.15, 0.2) is 12.1 Å². The third-order valence-corrected chi connectivity index (χ3v) is 3.66. The molecular formula is C16H26N2O2. The van der Waals surface area contributed by atoms with Crippen LogP contribution in [0.5, 0.6) is 0 Å². The minimum Gasteiger partial charge on any atom is -0.465 e. The Hall–Kier alpha value is -1.71. The average molecular weight is 278 g/mol. The van der Waals surface area contributed by atoms with Gasteiger partial charge in [0, 0.05) is 24.5 Å². The Kier molecular flexibility index (Phi) is 5.43. The summed E-state index contributed by atoms with van der Waals surface area (Å²) < 4.78 is 4.79. The average Bonchev–Trinajstić information content (AvgIpc) is 2.39. The molecule has 0 aromatic heterocycles. The topological polar surface area (TPSA) is 55.6 Å². The highest BCUT2D eigenvalue weighted by molar-refractivity contribution is 5.97. The maximum absolute atomic E-state index is 11.8. The van der Waals surface area contributed by atoms with Crippen LogP contribution in [0.1, 0.15) is 43.1 Å². The van der Waals surface area contributed by atoms with E-state index in [1.54, 1.807) is 0 Å². The van der Waals surface area contributed by atoms with Gasteiger partial charge >= 0.3 is 5.97 Å². The summed E-state index contributed by atoms with van der Waals surface area (Å²) in [5.74, 6) is 0.236. The Balaban J connectivity index is 3.13. The fourth-order valence-electron chi connectivity index (χ4n) is 2.36. The molecule has 0 heterocycles. The fraction of sp³-hybridized carbons (Fsp3) is 0.562. The quantitative estimate of drug-likeness (QED) is 0.663. The summed E-state index contributed by atoms with van der Waals surface area (Å²) in [4.78, 5) is 14.0. The van der Waals surface area contributed by atoms with Crippen LogP contribution in [0.4, 0.5) is 11.4 Å². The van der Waals surface area contributed by atoms with Gasteiger partial charge in [0.05, 0.1) is 12.7 Å². The number of nitrogens with zero attached hydrogens (tertiary/aromatic N) is 1. The molecule has 20 heavy (non-hydrogen) atoms. The lowest BCUT2D eigenvalue weighted by Crippen LogP contribution is -2.30. The van der Waals surface area contributed by atoms with Crippen LogP contribution < -0.4 is 10.6 Å². The molecule has 0 aliphatic heterocycles. The van der Waals surface area contributed by atoms with Crippen molar-refractivity contribution in [2.24, 2.45) is 5.92 Å². The Bertz CT molecular complexity index is 484. The van der Waals surface area contributed by atoms with E-state index in [4.69, 9.17) is 10.5 Å². The molecule has 0 fully saturated rings. The van der Waals surface area contributed by atoms with Gasteiger partial charge in [-0.3, -0.25) is 0 Å². The third kappa shape index (κ3) is 3.65. The van der Waals surface area contributed by atoms with Crippen LogP contribution >= 0.6 is 0 Å². The molecule has 0 radical (unpaired) electrons. The number of benzene rings is 1. The van der Waals surface area contributed by atoms with Crippen LogP contribution in [0, 0.1) is 12.8 Å². The first-order valence-corrected chi connectivity index (χ1v) is 6.99. The lowest BCUT2D eigenvalue weighted by molar-refractivity contribution is 0.0602. The first-order valence-electron chi connectivity index (χ1n) is 6.99. The molecule has 0 saturated heterocycles. The minimum atomic E-state index is -0.391. The fourth-order valence-corrected chi connectivity index (χ4v) is 2.36. The number of hydrogen-bond donors (Lipinski definition) is 1. The van der Waals surface area contributed by atoms with Crippen molar-refractivity contribution in [1.29, 1.82) is 0 Å². The Morgan fingerprint density at radius 3 is 2.45 bits per heavy atom. The van der Waals surface area contributed by atoms with Gasteiger partial charge in [0.15, 0.2) is 0 Å². The number of hydrogen-bond acceptors (Lipinski definition) is 4. The summed E-state index contributed by atoms with van der Waals surface area (Å²) in [7, 11) is 3.41. The molecule has 1 unspecified atom stereocenters. The number of nitrogens with two attached hydrogens (primary N) is 1. The zero-order valence-corrected chi connectivity index (χ0v) is 13.4. The molecular weight excluding hydrogens is 252 g/mol. The predicted molar refractivity (Wildman–Crippen MR) is 84.3 cm³/mol. The number of carbonyl (C=O) groups is 1. The normalized spacial score (nSPS) is 12.3. The first-order chi connectivity index (χ1) is 9.27. The van der Waals surface area contributed by atoms with Gasteiger partial charge in [0.2, 0.25) is 0 Å². The zero-order chi connectivity index (χ0) is 15.4. The van der Waals surface area contributed by atoms with Crippen LogP contribution in [0.25, 0.3) is 0 Å². The first kappa shape index (κ1) is 16.3. The van der Waals surface area contributed by atoms with Crippen LogP contribution in [0.3, 0.4) is 0 Å². The van der Waals surface area contributed by atoms with Crippen molar-refractivity contribution in [3.63, 3.8) is 0 Å².